The minimum atomic E-state index is 0.0291. The molecule has 2 aliphatic heterocycles. The molecule has 130 valence electrons. The Hall–Kier alpha value is -2.60. The van der Waals surface area contributed by atoms with Crippen molar-refractivity contribution in [2.75, 3.05) is 19.9 Å². The van der Waals surface area contributed by atoms with Crippen LogP contribution in [0, 0.1) is 0 Å². The highest BCUT2D eigenvalue weighted by Crippen LogP contribution is 2.33. The molecule has 3 heterocycles. The van der Waals surface area contributed by atoms with E-state index in [4.69, 9.17) is 14.2 Å². The van der Waals surface area contributed by atoms with Gasteiger partial charge in [-0.1, -0.05) is 6.07 Å². The maximum atomic E-state index is 12.7. The first-order valence-corrected chi connectivity index (χ1v) is 8.50. The van der Waals surface area contributed by atoms with Gasteiger partial charge in [0, 0.05) is 24.8 Å². The van der Waals surface area contributed by atoms with Crippen LogP contribution in [0.15, 0.2) is 42.6 Å². The van der Waals surface area contributed by atoms with Crippen molar-refractivity contribution in [3.05, 3.63) is 53.9 Å². The quantitative estimate of drug-likeness (QED) is 0.856. The fraction of sp³-hybridized carbons (Fsp3) is 0.368. The minimum absolute atomic E-state index is 0.0291. The summed E-state index contributed by atoms with van der Waals surface area (Å²) in [5.74, 6) is 1.36. The van der Waals surface area contributed by atoms with Gasteiger partial charge in [-0.15, -0.1) is 0 Å². The molecule has 1 aromatic heterocycles. The van der Waals surface area contributed by atoms with Gasteiger partial charge in [-0.2, -0.15) is 0 Å². The zero-order valence-corrected chi connectivity index (χ0v) is 13.9. The van der Waals surface area contributed by atoms with Gasteiger partial charge in [0.25, 0.3) is 5.91 Å². The third kappa shape index (κ3) is 3.58. The molecule has 2 aliphatic rings. The van der Waals surface area contributed by atoms with Crippen LogP contribution < -0.4 is 9.47 Å². The second-order valence-electron chi connectivity index (χ2n) is 6.19. The summed E-state index contributed by atoms with van der Waals surface area (Å²) in [5.41, 5.74) is 1.57. The largest absolute Gasteiger partial charge is 0.454 e. The molecule has 0 unspecified atom stereocenters. The number of piperidine rings is 1. The van der Waals surface area contributed by atoms with Crippen molar-refractivity contribution in [1.29, 1.82) is 0 Å². The summed E-state index contributed by atoms with van der Waals surface area (Å²) in [6.45, 7) is 2.12. The maximum absolute atomic E-state index is 12.7. The van der Waals surface area contributed by atoms with Gasteiger partial charge in [0.15, 0.2) is 11.5 Å². The lowest BCUT2D eigenvalue weighted by molar-refractivity contribution is -0.00161. The van der Waals surface area contributed by atoms with Gasteiger partial charge in [-0.05, 0) is 43.2 Å². The first-order chi connectivity index (χ1) is 12.3. The lowest BCUT2D eigenvalue weighted by atomic mass is 10.1. The molecule has 25 heavy (non-hydrogen) atoms. The molecule has 1 fully saturated rings. The van der Waals surface area contributed by atoms with Crippen LogP contribution in [0.5, 0.6) is 11.5 Å². The van der Waals surface area contributed by atoms with E-state index in [1.54, 1.807) is 24.4 Å². The second kappa shape index (κ2) is 7.11. The normalized spacial score (nSPS) is 16.9. The summed E-state index contributed by atoms with van der Waals surface area (Å²) in [5, 5.41) is 0. The number of pyridine rings is 1. The van der Waals surface area contributed by atoms with Crippen LogP contribution in [-0.4, -0.2) is 41.8 Å². The molecule has 1 saturated heterocycles. The highest BCUT2D eigenvalue weighted by atomic mass is 16.7. The number of carbonyl (C=O) groups excluding carboxylic acids is 1. The molecule has 0 spiro atoms. The van der Waals surface area contributed by atoms with Gasteiger partial charge in [-0.3, -0.25) is 9.78 Å². The number of carbonyl (C=O) groups is 1. The molecule has 1 amide bonds. The van der Waals surface area contributed by atoms with Crippen molar-refractivity contribution in [2.24, 2.45) is 0 Å². The van der Waals surface area contributed by atoms with Crippen molar-refractivity contribution < 1.29 is 19.0 Å². The Bertz CT molecular complexity index is 742. The van der Waals surface area contributed by atoms with E-state index < -0.39 is 0 Å². The summed E-state index contributed by atoms with van der Waals surface area (Å²) in [4.78, 5) is 18.8. The SMILES string of the molecule is O=C(c1ccc2c(c1)OCO2)N1CCC(OCc2ccccn2)CC1. The molecular formula is C19H20N2O4. The monoisotopic (exact) mass is 340 g/mol. The molecule has 6 nitrogen and oxygen atoms in total. The molecule has 1 aromatic carbocycles. The minimum Gasteiger partial charge on any atom is -0.454 e. The smallest absolute Gasteiger partial charge is 0.253 e. The topological polar surface area (TPSA) is 60.9 Å². The number of rotatable bonds is 4. The van der Waals surface area contributed by atoms with Crippen LogP contribution >= 0.6 is 0 Å². The van der Waals surface area contributed by atoms with Crippen LogP contribution in [0.4, 0.5) is 0 Å². The predicted octanol–water partition coefficient (Wildman–Crippen LogP) is 2.63. The van der Waals surface area contributed by atoms with Gasteiger partial charge in [-0.25, -0.2) is 0 Å². The van der Waals surface area contributed by atoms with Crippen molar-refractivity contribution in [3.8, 4) is 11.5 Å². The maximum Gasteiger partial charge on any atom is 0.253 e. The summed E-state index contributed by atoms with van der Waals surface area (Å²) >= 11 is 0. The Balaban J connectivity index is 1.30. The predicted molar refractivity (Wildman–Crippen MR) is 90.5 cm³/mol. The van der Waals surface area contributed by atoms with Crippen molar-refractivity contribution >= 4 is 5.91 Å². The highest BCUT2D eigenvalue weighted by Gasteiger charge is 2.25. The van der Waals surface area contributed by atoms with Crippen molar-refractivity contribution in [3.63, 3.8) is 0 Å². The molecule has 0 radical (unpaired) electrons. The van der Waals surface area contributed by atoms with Crippen LogP contribution in [0.25, 0.3) is 0 Å². The number of ether oxygens (including phenoxy) is 3. The molecular weight excluding hydrogens is 320 g/mol. The van der Waals surface area contributed by atoms with Gasteiger partial charge in [0.05, 0.1) is 18.4 Å². The number of aromatic nitrogens is 1. The number of fused-ring (bicyclic) bond motifs is 1. The number of hydrogen-bond acceptors (Lipinski definition) is 5. The average molecular weight is 340 g/mol. The number of benzene rings is 1. The number of amides is 1. The Morgan fingerprint density at radius 2 is 2.00 bits per heavy atom. The van der Waals surface area contributed by atoms with E-state index in [9.17, 15) is 4.79 Å². The fourth-order valence-corrected chi connectivity index (χ4v) is 3.12. The summed E-state index contributed by atoms with van der Waals surface area (Å²) in [6, 6.07) is 11.1. The Morgan fingerprint density at radius 3 is 2.80 bits per heavy atom. The first-order valence-electron chi connectivity index (χ1n) is 8.50. The fourth-order valence-electron chi connectivity index (χ4n) is 3.12. The van der Waals surface area contributed by atoms with Crippen molar-refractivity contribution in [2.45, 2.75) is 25.6 Å². The van der Waals surface area contributed by atoms with Gasteiger partial charge < -0.3 is 19.1 Å². The molecule has 4 rings (SSSR count). The van der Waals surface area contributed by atoms with E-state index in [2.05, 4.69) is 4.98 Å². The highest BCUT2D eigenvalue weighted by molar-refractivity contribution is 5.95. The lowest BCUT2D eigenvalue weighted by Gasteiger charge is -2.32. The first kappa shape index (κ1) is 15.9. The molecule has 0 aliphatic carbocycles. The molecule has 0 atom stereocenters. The van der Waals surface area contributed by atoms with Gasteiger partial charge >= 0.3 is 0 Å². The third-order valence-electron chi connectivity index (χ3n) is 4.54. The van der Waals surface area contributed by atoms with Crippen LogP contribution in [-0.2, 0) is 11.3 Å². The zero-order valence-electron chi connectivity index (χ0n) is 13.9. The molecule has 6 heteroatoms. The number of likely N-dealkylation sites (tertiary alicyclic amines) is 1. The lowest BCUT2D eigenvalue weighted by Crippen LogP contribution is -2.40. The van der Waals surface area contributed by atoms with E-state index in [-0.39, 0.29) is 18.8 Å². The molecule has 0 N–H and O–H groups in total. The summed E-state index contributed by atoms with van der Waals surface area (Å²) in [7, 11) is 0. The Kier molecular flexibility index (Phi) is 4.52. The summed E-state index contributed by atoms with van der Waals surface area (Å²) < 4.78 is 16.6. The van der Waals surface area contributed by atoms with Crippen LogP contribution in [0.3, 0.4) is 0 Å². The third-order valence-corrected chi connectivity index (χ3v) is 4.54. The van der Waals surface area contributed by atoms with Crippen molar-refractivity contribution in [1.82, 2.24) is 9.88 Å². The van der Waals surface area contributed by atoms with E-state index in [0.29, 0.717) is 36.8 Å². The van der Waals surface area contributed by atoms with Gasteiger partial charge in [0.2, 0.25) is 6.79 Å². The van der Waals surface area contributed by atoms with Crippen LogP contribution in [0.2, 0.25) is 0 Å². The Morgan fingerprint density at radius 1 is 1.16 bits per heavy atom. The molecule has 2 aromatic rings. The molecule has 0 bridgehead atoms. The van der Waals surface area contributed by atoms with E-state index in [1.165, 1.54) is 0 Å². The Labute approximate surface area is 146 Å². The van der Waals surface area contributed by atoms with Gasteiger partial charge in [0.1, 0.15) is 0 Å². The standard InChI is InChI=1S/C19H20N2O4/c22-19(14-4-5-17-18(11-14)25-13-24-17)21-9-6-16(7-10-21)23-12-15-3-1-2-8-20-15/h1-5,8,11,16H,6-7,9-10,12-13H2. The molecule has 0 saturated carbocycles. The second-order valence-corrected chi connectivity index (χ2v) is 6.19. The van der Waals surface area contributed by atoms with Crippen LogP contribution in [0.1, 0.15) is 28.9 Å². The van der Waals surface area contributed by atoms with E-state index >= 15 is 0 Å². The van der Waals surface area contributed by atoms with E-state index in [0.717, 1.165) is 18.5 Å². The van der Waals surface area contributed by atoms with E-state index in [1.807, 2.05) is 23.1 Å². The number of nitrogens with zero attached hydrogens (tertiary/aromatic N) is 2. The number of hydrogen-bond donors (Lipinski definition) is 0. The average Bonchev–Trinajstić information content (AvgIpc) is 3.15. The summed E-state index contributed by atoms with van der Waals surface area (Å²) in [6.07, 6.45) is 3.61. The zero-order chi connectivity index (χ0) is 17.1.